The molecule has 3 heterocycles. The number of fused-ring (bicyclic) bond motifs is 1. The van der Waals surface area contributed by atoms with E-state index >= 15 is 0 Å². The number of phenols is 1. The van der Waals surface area contributed by atoms with Gasteiger partial charge in [0.1, 0.15) is 17.1 Å². The molecule has 0 bridgehead atoms. The van der Waals surface area contributed by atoms with Gasteiger partial charge in [-0.2, -0.15) is 0 Å². The van der Waals surface area contributed by atoms with Gasteiger partial charge in [-0.1, -0.05) is 18.2 Å². The number of rotatable bonds is 2. The van der Waals surface area contributed by atoms with Gasteiger partial charge in [-0.15, -0.1) is 0 Å². The van der Waals surface area contributed by atoms with Crippen molar-refractivity contribution < 1.29 is 9.84 Å². The van der Waals surface area contributed by atoms with Crippen LogP contribution in [0, 0.1) is 0 Å². The number of benzene rings is 2. The highest BCUT2D eigenvalue weighted by molar-refractivity contribution is 5.58. The monoisotopic (exact) mass is 378 g/mol. The topological polar surface area (TPSA) is 44.7 Å². The van der Waals surface area contributed by atoms with Crippen LogP contribution in [0.25, 0.3) is 0 Å². The largest absolute Gasteiger partial charge is 0.508 e. The summed E-state index contributed by atoms with van der Waals surface area (Å²) in [6.07, 6.45) is 5.57. The average Bonchev–Trinajstić information content (AvgIpc) is 3.13. The summed E-state index contributed by atoms with van der Waals surface area (Å²) in [4.78, 5) is 2.51. The van der Waals surface area contributed by atoms with Gasteiger partial charge in [-0.3, -0.25) is 0 Å². The van der Waals surface area contributed by atoms with Gasteiger partial charge in [-0.05, 0) is 75.9 Å². The van der Waals surface area contributed by atoms with Crippen LogP contribution in [0.15, 0.2) is 42.5 Å². The summed E-state index contributed by atoms with van der Waals surface area (Å²) in [5.74, 6) is 1.64. The van der Waals surface area contributed by atoms with E-state index in [0.29, 0.717) is 11.8 Å². The molecule has 0 amide bonds. The van der Waals surface area contributed by atoms with Crippen molar-refractivity contribution in [2.45, 2.75) is 56.6 Å². The summed E-state index contributed by atoms with van der Waals surface area (Å²) in [6, 6.07) is 15.2. The molecule has 4 heteroatoms. The number of aromatic hydroxyl groups is 1. The minimum atomic E-state index is -0.108. The second kappa shape index (κ2) is 7.00. The fourth-order valence-electron chi connectivity index (χ4n) is 5.38. The van der Waals surface area contributed by atoms with E-state index in [9.17, 15) is 5.11 Å². The van der Waals surface area contributed by atoms with Gasteiger partial charge in [0.05, 0.1) is 0 Å². The van der Waals surface area contributed by atoms with E-state index in [0.717, 1.165) is 44.6 Å². The van der Waals surface area contributed by atoms with Crippen molar-refractivity contribution in [3.63, 3.8) is 0 Å². The van der Waals surface area contributed by atoms with Crippen LogP contribution in [-0.2, 0) is 0 Å². The molecule has 2 N–H and O–H groups in total. The van der Waals surface area contributed by atoms with Gasteiger partial charge in [0.15, 0.2) is 0 Å². The average molecular weight is 379 g/mol. The number of piperidine rings is 1. The molecule has 2 aromatic rings. The van der Waals surface area contributed by atoms with E-state index < -0.39 is 0 Å². The van der Waals surface area contributed by atoms with Gasteiger partial charge in [0.25, 0.3) is 0 Å². The molecular weight excluding hydrogens is 348 g/mol. The first kappa shape index (κ1) is 17.9. The second-order valence-corrected chi connectivity index (χ2v) is 8.79. The molecule has 148 valence electrons. The maximum Gasteiger partial charge on any atom is 0.126 e. The Hall–Kier alpha value is -2.20. The Balaban J connectivity index is 1.57. The summed E-state index contributed by atoms with van der Waals surface area (Å²) in [5.41, 5.74) is 3.61. The predicted molar refractivity (Wildman–Crippen MR) is 113 cm³/mol. The summed E-state index contributed by atoms with van der Waals surface area (Å²) in [7, 11) is 0. The Morgan fingerprint density at radius 1 is 1.14 bits per heavy atom. The Morgan fingerprint density at radius 3 is 2.75 bits per heavy atom. The molecule has 2 saturated heterocycles. The first-order chi connectivity index (χ1) is 13.6. The smallest absolute Gasteiger partial charge is 0.126 e. The molecule has 4 nitrogen and oxygen atoms in total. The van der Waals surface area contributed by atoms with Crippen LogP contribution in [0.4, 0.5) is 5.69 Å². The Morgan fingerprint density at radius 2 is 2.00 bits per heavy atom. The Kier molecular flexibility index (Phi) is 4.47. The minimum Gasteiger partial charge on any atom is -0.508 e. The highest BCUT2D eigenvalue weighted by Crippen LogP contribution is 2.49. The van der Waals surface area contributed by atoms with Crippen LogP contribution < -0.4 is 15.0 Å². The third-order valence-corrected chi connectivity index (χ3v) is 6.95. The first-order valence-electron chi connectivity index (χ1n) is 10.7. The maximum absolute atomic E-state index is 10.1. The summed E-state index contributed by atoms with van der Waals surface area (Å²) in [5, 5.41) is 13.5. The molecule has 0 aromatic heterocycles. The second-order valence-electron chi connectivity index (χ2n) is 8.79. The molecule has 0 radical (unpaired) electrons. The third kappa shape index (κ3) is 3.14. The van der Waals surface area contributed by atoms with Gasteiger partial charge in [-0.25, -0.2) is 0 Å². The normalized spacial score (nSPS) is 26.1. The number of anilines is 1. The quantitative estimate of drug-likeness (QED) is 0.812. The van der Waals surface area contributed by atoms with E-state index in [1.165, 1.54) is 29.7 Å². The summed E-state index contributed by atoms with van der Waals surface area (Å²) >= 11 is 0. The lowest BCUT2D eigenvalue weighted by atomic mass is 9.75. The van der Waals surface area contributed by atoms with Crippen LogP contribution in [0.5, 0.6) is 11.5 Å². The van der Waals surface area contributed by atoms with Crippen molar-refractivity contribution in [3.8, 4) is 11.5 Å². The fourth-order valence-corrected chi connectivity index (χ4v) is 5.38. The van der Waals surface area contributed by atoms with Crippen molar-refractivity contribution in [2.24, 2.45) is 0 Å². The van der Waals surface area contributed by atoms with Gasteiger partial charge in [0, 0.05) is 35.8 Å². The highest BCUT2D eigenvalue weighted by atomic mass is 16.5. The SMILES string of the molecule is CC1CCCN1c1ccc2c(c1)OC1(CCNCC1)CC2c1cccc(O)c1. The van der Waals surface area contributed by atoms with Gasteiger partial charge >= 0.3 is 0 Å². The number of phenolic OH excluding ortho intramolecular Hbond substituents is 1. The molecule has 2 atom stereocenters. The van der Waals surface area contributed by atoms with Gasteiger partial charge in [0.2, 0.25) is 0 Å². The number of ether oxygens (including phenoxy) is 1. The summed E-state index contributed by atoms with van der Waals surface area (Å²) < 4.78 is 6.75. The van der Waals surface area contributed by atoms with Crippen LogP contribution >= 0.6 is 0 Å². The molecule has 3 aliphatic rings. The number of hydrogen-bond acceptors (Lipinski definition) is 4. The zero-order chi connectivity index (χ0) is 19.1. The van der Waals surface area contributed by atoms with Crippen LogP contribution in [0.1, 0.15) is 56.1 Å². The lowest BCUT2D eigenvalue weighted by Crippen LogP contribution is -2.49. The molecule has 0 saturated carbocycles. The molecule has 5 rings (SSSR count). The summed E-state index contributed by atoms with van der Waals surface area (Å²) in [6.45, 7) is 5.46. The zero-order valence-corrected chi connectivity index (χ0v) is 16.7. The molecule has 2 unspecified atom stereocenters. The van der Waals surface area contributed by atoms with Crippen molar-refractivity contribution in [3.05, 3.63) is 53.6 Å². The van der Waals surface area contributed by atoms with E-state index in [1.54, 1.807) is 6.07 Å². The van der Waals surface area contributed by atoms with Crippen molar-refractivity contribution in [1.82, 2.24) is 5.32 Å². The molecule has 2 fully saturated rings. The molecule has 2 aromatic carbocycles. The number of nitrogens with zero attached hydrogens (tertiary/aromatic N) is 1. The number of nitrogens with one attached hydrogen (secondary N) is 1. The van der Waals surface area contributed by atoms with E-state index in [1.807, 2.05) is 12.1 Å². The van der Waals surface area contributed by atoms with Gasteiger partial charge < -0.3 is 20.1 Å². The molecule has 28 heavy (non-hydrogen) atoms. The number of hydrogen-bond donors (Lipinski definition) is 2. The minimum absolute atomic E-state index is 0.108. The van der Waals surface area contributed by atoms with E-state index in [-0.39, 0.29) is 11.5 Å². The standard InChI is InChI=1S/C24H30N2O2/c1-17-4-3-13-26(17)19-7-8-21-22(18-5-2-6-20(27)14-18)16-24(28-23(21)15-19)9-11-25-12-10-24/h2,5-8,14-15,17,22,25,27H,3-4,9-13,16H2,1H3. The Bertz CT molecular complexity index is 859. The fraction of sp³-hybridized carbons (Fsp3) is 0.500. The van der Waals surface area contributed by atoms with E-state index in [2.05, 4.69) is 41.4 Å². The Labute approximate surface area is 167 Å². The third-order valence-electron chi connectivity index (χ3n) is 6.95. The van der Waals surface area contributed by atoms with Crippen LogP contribution in [0.2, 0.25) is 0 Å². The highest BCUT2D eigenvalue weighted by Gasteiger charge is 2.42. The molecule has 3 aliphatic heterocycles. The van der Waals surface area contributed by atoms with Crippen molar-refractivity contribution in [1.29, 1.82) is 0 Å². The molecule has 0 aliphatic carbocycles. The van der Waals surface area contributed by atoms with Crippen LogP contribution in [0.3, 0.4) is 0 Å². The lowest BCUT2D eigenvalue weighted by Gasteiger charge is -2.45. The van der Waals surface area contributed by atoms with Crippen molar-refractivity contribution in [2.75, 3.05) is 24.5 Å². The zero-order valence-electron chi connectivity index (χ0n) is 16.7. The lowest BCUT2D eigenvalue weighted by molar-refractivity contribution is 0.0114. The molecular formula is C24H30N2O2. The molecule has 1 spiro atoms. The van der Waals surface area contributed by atoms with Crippen LogP contribution in [-0.4, -0.2) is 36.4 Å². The maximum atomic E-state index is 10.1. The first-order valence-corrected chi connectivity index (χ1v) is 10.7. The van der Waals surface area contributed by atoms with Crippen molar-refractivity contribution >= 4 is 5.69 Å². The van der Waals surface area contributed by atoms with E-state index in [4.69, 9.17) is 4.74 Å². The predicted octanol–water partition coefficient (Wildman–Crippen LogP) is 4.42.